The van der Waals surface area contributed by atoms with Crippen LogP contribution in [0.2, 0.25) is 0 Å². The zero-order chi connectivity index (χ0) is 44.8. The van der Waals surface area contributed by atoms with E-state index in [4.69, 9.17) is 18.5 Å². The fraction of sp³-hybridized carbons (Fsp3) is 0.800. The molecular weight excluding hydrogens is 792 g/mol. The average molecular weight is 883 g/mol. The van der Waals surface area contributed by atoms with Crippen molar-refractivity contribution >= 4 is 19.8 Å². The van der Waals surface area contributed by atoms with Gasteiger partial charge in [-0.3, -0.25) is 18.6 Å². The molecule has 0 aliphatic carbocycles. The Labute approximate surface area is 373 Å². The Morgan fingerprint density at radius 2 is 0.770 bits per heavy atom. The predicted octanol–water partition coefficient (Wildman–Crippen LogP) is 13.7. The number of hydrogen-bond donors (Lipinski definition) is 3. The van der Waals surface area contributed by atoms with Gasteiger partial charge >= 0.3 is 19.8 Å². The Morgan fingerprint density at radius 3 is 1.11 bits per heavy atom. The molecule has 0 rings (SSSR count). The molecule has 3 atom stereocenters. The molecular formula is C50H91O10P. The van der Waals surface area contributed by atoms with E-state index in [0.717, 1.165) is 70.6 Å². The number of unbranched alkanes of at least 4 members (excludes halogenated alkanes) is 24. The van der Waals surface area contributed by atoms with Crippen LogP contribution in [-0.2, 0) is 32.7 Å². The van der Waals surface area contributed by atoms with Crippen LogP contribution in [-0.4, -0.2) is 65.7 Å². The summed E-state index contributed by atoms with van der Waals surface area (Å²) in [5.41, 5.74) is 0. The molecule has 0 aromatic rings. The Morgan fingerprint density at radius 1 is 0.459 bits per heavy atom. The lowest BCUT2D eigenvalue weighted by Gasteiger charge is -2.20. The van der Waals surface area contributed by atoms with Gasteiger partial charge in [0.15, 0.2) is 0 Å². The van der Waals surface area contributed by atoms with Crippen molar-refractivity contribution in [2.24, 2.45) is 0 Å². The molecule has 0 heterocycles. The van der Waals surface area contributed by atoms with E-state index >= 15 is 0 Å². The van der Waals surface area contributed by atoms with Crippen molar-refractivity contribution in [1.82, 2.24) is 0 Å². The monoisotopic (exact) mass is 883 g/mol. The molecule has 0 radical (unpaired) electrons. The smallest absolute Gasteiger partial charge is 0.457 e. The third kappa shape index (κ3) is 44.3. The number of rotatable bonds is 46. The van der Waals surface area contributed by atoms with E-state index in [2.05, 4.69) is 62.5 Å². The summed E-state index contributed by atoms with van der Waals surface area (Å²) in [6.07, 6.45) is 50.8. The minimum absolute atomic E-state index is 0.182. The summed E-state index contributed by atoms with van der Waals surface area (Å²) in [4.78, 5) is 34.6. The molecule has 0 bridgehead atoms. The number of phosphoric ester groups is 1. The minimum atomic E-state index is -4.64. The van der Waals surface area contributed by atoms with Crippen LogP contribution in [0.25, 0.3) is 0 Å². The first-order valence-electron chi connectivity index (χ1n) is 24.6. The highest BCUT2D eigenvalue weighted by Gasteiger charge is 2.27. The Bertz CT molecular complexity index is 1150. The lowest BCUT2D eigenvalue weighted by Crippen LogP contribution is -2.28. The van der Waals surface area contributed by atoms with Gasteiger partial charge in [-0.25, -0.2) is 4.57 Å². The molecule has 0 aromatic carbocycles. The van der Waals surface area contributed by atoms with Crippen molar-refractivity contribution in [2.75, 3.05) is 26.4 Å². The third-order valence-corrected chi connectivity index (χ3v) is 11.5. The third-order valence-electron chi connectivity index (χ3n) is 10.6. The molecule has 0 aliphatic heterocycles. The normalized spacial score (nSPS) is 14.1. The second-order valence-corrected chi connectivity index (χ2v) is 17.9. The Hall–Kier alpha value is -2.07. The van der Waals surface area contributed by atoms with Gasteiger partial charge in [0.05, 0.1) is 26.4 Å². The molecule has 0 saturated heterocycles. The van der Waals surface area contributed by atoms with Gasteiger partial charge in [-0.2, -0.15) is 0 Å². The van der Waals surface area contributed by atoms with Crippen LogP contribution >= 0.6 is 7.82 Å². The van der Waals surface area contributed by atoms with Gasteiger partial charge in [-0.1, -0.05) is 204 Å². The van der Waals surface area contributed by atoms with Crippen LogP contribution in [0.4, 0.5) is 0 Å². The van der Waals surface area contributed by atoms with Gasteiger partial charge in [-0.15, -0.1) is 0 Å². The topological polar surface area (TPSA) is 149 Å². The van der Waals surface area contributed by atoms with Gasteiger partial charge in [-0.05, 0) is 51.4 Å². The van der Waals surface area contributed by atoms with E-state index in [1.54, 1.807) is 0 Å². The second-order valence-electron chi connectivity index (χ2n) is 16.4. The highest BCUT2D eigenvalue weighted by atomic mass is 31.2. The zero-order valence-electron chi connectivity index (χ0n) is 38.9. The highest BCUT2D eigenvalue weighted by molar-refractivity contribution is 7.47. The number of esters is 2. The number of aliphatic hydroxyl groups excluding tert-OH is 2. The summed E-state index contributed by atoms with van der Waals surface area (Å²) in [5.74, 6) is -1.02. The number of phosphoric acid groups is 1. The van der Waals surface area contributed by atoms with E-state index in [-0.39, 0.29) is 12.8 Å². The number of hydrogen-bond acceptors (Lipinski definition) is 9. The molecule has 0 aliphatic rings. The standard InChI is InChI=1S/C50H91O10P/c1-3-5-7-9-11-13-15-17-19-21-22-23-24-26-28-30-32-34-36-38-40-42-50(54)60-48(44-52)46-58-61(55,56)57-45-47(43-51)59-49(53)41-39-37-35-33-31-29-27-25-20-18-16-14-12-10-8-6-4-2/h5,7,11,13,17,19,22-23,47-48,51-52H,3-4,6,8-10,12,14-16,18,20-21,24-46H2,1-2H3,(H,55,56)/b7-5-,13-11-,19-17-,23-22-. The summed E-state index contributed by atoms with van der Waals surface area (Å²) in [6.45, 7) is 2.12. The Kier molecular flexibility index (Phi) is 44.4. The first-order valence-corrected chi connectivity index (χ1v) is 26.1. The van der Waals surface area contributed by atoms with Crippen LogP contribution in [0.5, 0.6) is 0 Å². The summed E-state index contributed by atoms with van der Waals surface area (Å²) in [5, 5.41) is 19.2. The van der Waals surface area contributed by atoms with Gasteiger partial charge in [0.25, 0.3) is 0 Å². The fourth-order valence-corrected chi connectivity index (χ4v) is 7.60. The highest BCUT2D eigenvalue weighted by Crippen LogP contribution is 2.43. The summed E-state index contributed by atoms with van der Waals surface area (Å²) in [6, 6.07) is 0. The number of carbonyl (C=O) groups excluding carboxylic acids is 2. The van der Waals surface area contributed by atoms with Gasteiger partial charge in [0.1, 0.15) is 12.2 Å². The molecule has 356 valence electrons. The van der Waals surface area contributed by atoms with Crippen molar-refractivity contribution in [3.8, 4) is 0 Å². The first kappa shape index (κ1) is 58.9. The maximum absolute atomic E-state index is 12.4. The molecule has 11 heteroatoms. The largest absolute Gasteiger partial charge is 0.472 e. The zero-order valence-corrected chi connectivity index (χ0v) is 39.8. The van der Waals surface area contributed by atoms with Gasteiger partial charge in [0.2, 0.25) is 0 Å². The molecule has 0 aromatic heterocycles. The average Bonchev–Trinajstić information content (AvgIpc) is 3.25. The van der Waals surface area contributed by atoms with Crippen LogP contribution in [0.1, 0.15) is 219 Å². The van der Waals surface area contributed by atoms with Crippen LogP contribution < -0.4 is 0 Å². The van der Waals surface area contributed by atoms with Crippen molar-refractivity contribution in [1.29, 1.82) is 0 Å². The lowest BCUT2D eigenvalue weighted by molar-refractivity contribution is -0.153. The van der Waals surface area contributed by atoms with E-state index in [9.17, 15) is 29.3 Å². The van der Waals surface area contributed by atoms with Crippen LogP contribution in [0.15, 0.2) is 48.6 Å². The molecule has 0 fully saturated rings. The number of allylic oxidation sites excluding steroid dienone is 8. The van der Waals surface area contributed by atoms with Crippen molar-refractivity contribution < 1.29 is 47.8 Å². The van der Waals surface area contributed by atoms with Crippen molar-refractivity contribution in [3.05, 3.63) is 48.6 Å². The summed E-state index contributed by atoms with van der Waals surface area (Å²) < 4.78 is 32.7. The fourth-order valence-electron chi connectivity index (χ4n) is 6.81. The van der Waals surface area contributed by atoms with Gasteiger partial charge in [0, 0.05) is 12.8 Å². The molecule has 3 unspecified atom stereocenters. The quantitative estimate of drug-likeness (QED) is 0.0233. The number of carbonyl (C=O) groups is 2. The Balaban J connectivity index is 3.86. The van der Waals surface area contributed by atoms with Gasteiger partial charge < -0.3 is 24.6 Å². The first-order chi connectivity index (χ1) is 29.8. The van der Waals surface area contributed by atoms with E-state index < -0.39 is 58.4 Å². The minimum Gasteiger partial charge on any atom is -0.457 e. The predicted molar refractivity (Wildman–Crippen MR) is 251 cm³/mol. The number of aliphatic hydroxyl groups is 2. The maximum atomic E-state index is 12.4. The van der Waals surface area contributed by atoms with E-state index in [0.29, 0.717) is 12.8 Å². The molecule has 0 saturated carbocycles. The second kappa shape index (κ2) is 45.9. The van der Waals surface area contributed by atoms with Crippen molar-refractivity contribution in [2.45, 2.75) is 232 Å². The van der Waals surface area contributed by atoms with Crippen molar-refractivity contribution in [3.63, 3.8) is 0 Å². The summed E-state index contributed by atoms with van der Waals surface area (Å²) >= 11 is 0. The molecule has 10 nitrogen and oxygen atoms in total. The maximum Gasteiger partial charge on any atom is 0.472 e. The molecule has 0 amide bonds. The SMILES string of the molecule is CC/C=C\C/C=C\C/C=C\C/C=C\CCCCCCCCCCC(=O)OC(CO)COP(=O)(O)OCC(CO)OC(=O)CCCCCCCCCCCCCCCCCCC. The number of ether oxygens (including phenoxy) is 2. The molecule has 3 N–H and O–H groups in total. The molecule has 61 heavy (non-hydrogen) atoms. The molecule has 0 spiro atoms. The summed E-state index contributed by atoms with van der Waals surface area (Å²) in [7, 11) is -4.64. The lowest BCUT2D eigenvalue weighted by atomic mass is 10.0. The van der Waals surface area contributed by atoms with Crippen LogP contribution in [0.3, 0.4) is 0 Å². The van der Waals surface area contributed by atoms with E-state index in [1.165, 1.54) is 109 Å². The van der Waals surface area contributed by atoms with E-state index in [1.807, 2.05) is 0 Å². The van der Waals surface area contributed by atoms with Crippen LogP contribution in [0, 0.1) is 0 Å².